The maximum Gasteiger partial charge on any atom is 0.211 e. The summed E-state index contributed by atoms with van der Waals surface area (Å²) in [5.74, 6) is 0.847. The molecule has 0 aliphatic carbocycles. The van der Waals surface area contributed by atoms with Gasteiger partial charge in [-0.2, -0.15) is 0 Å². The highest BCUT2D eigenvalue weighted by atomic mass is 32.2. The van der Waals surface area contributed by atoms with Crippen molar-refractivity contribution in [2.24, 2.45) is 0 Å². The molecule has 1 aromatic carbocycles. The summed E-state index contributed by atoms with van der Waals surface area (Å²) in [5, 5.41) is 0. The van der Waals surface area contributed by atoms with E-state index >= 15 is 0 Å². The fraction of sp³-hybridized carbons (Fsp3) is 0.353. The number of aryl methyl sites for hydroxylation is 1. The minimum Gasteiger partial charge on any atom is -0.494 e. The van der Waals surface area contributed by atoms with Crippen LogP contribution in [0.4, 0.5) is 0 Å². The SMILES string of the molecule is CCOc1ccccc1CCNS(=O)(=O)CCc1ccccn1. The molecule has 0 bridgehead atoms. The average molecular weight is 334 g/mol. The van der Waals surface area contributed by atoms with Gasteiger partial charge in [0.15, 0.2) is 0 Å². The number of rotatable bonds is 9. The first kappa shape index (κ1) is 17.4. The first-order chi connectivity index (χ1) is 11.1. The van der Waals surface area contributed by atoms with Crippen LogP contribution >= 0.6 is 0 Å². The summed E-state index contributed by atoms with van der Waals surface area (Å²) in [6.45, 7) is 2.87. The summed E-state index contributed by atoms with van der Waals surface area (Å²) in [6, 6.07) is 13.2. The van der Waals surface area contributed by atoms with Crippen LogP contribution in [0.15, 0.2) is 48.7 Å². The molecule has 1 heterocycles. The monoisotopic (exact) mass is 334 g/mol. The van der Waals surface area contributed by atoms with Crippen LogP contribution < -0.4 is 9.46 Å². The molecular weight excluding hydrogens is 312 g/mol. The molecular formula is C17H22N2O3S. The molecule has 23 heavy (non-hydrogen) atoms. The summed E-state index contributed by atoms with van der Waals surface area (Å²) in [7, 11) is -3.31. The fourth-order valence-electron chi connectivity index (χ4n) is 2.20. The number of hydrogen-bond donors (Lipinski definition) is 1. The molecule has 2 rings (SSSR count). The predicted molar refractivity (Wildman–Crippen MR) is 91.0 cm³/mol. The number of pyridine rings is 1. The molecule has 0 saturated carbocycles. The van der Waals surface area contributed by atoms with Gasteiger partial charge in [-0.1, -0.05) is 24.3 Å². The van der Waals surface area contributed by atoms with Gasteiger partial charge in [0.05, 0.1) is 12.4 Å². The number of ether oxygens (including phenoxy) is 1. The topological polar surface area (TPSA) is 68.3 Å². The summed E-state index contributed by atoms with van der Waals surface area (Å²) >= 11 is 0. The van der Waals surface area contributed by atoms with Crippen LogP contribution in [0.25, 0.3) is 0 Å². The molecule has 1 N–H and O–H groups in total. The highest BCUT2D eigenvalue weighted by Crippen LogP contribution is 2.18. The number of nitrogens with one attached hydrogen (secondary N) is 1. The van der Waals surface area contributed by atoms with Crippen LogP contribution in [0.3, 0.4) is 0 Å². The number of benzene rings is 1. The van der Waals surface area contributed by atoms with Crippen molar-refractivity contribution in [1.82, 2.24) is 9.71 Å². The van der Waals surface area contributed by atoms with E-state index < -0.39 is 10.0 Å². The third-order valence-electron chi connectivity index (χ3n) is 3.34. The second-order valence-corrected chi connectivity index (χ2v) is 7.00. The van der Waals surface area contributed by atoms with E-state index in [1.54, 1.807) is 6.20 Å². The summed E-state index contributed by atoms with van der Waals surface area (Å²) in [4.78, 5) is 4.13. The Hall–Kier alpha value is -1.92. The molecule has 0 aliphatic heterocycles. The maximum atomic E-state index is 12.0. The molecule has 0 aliphatic rings. The van der Waals surface area contributed by atoms with Gasteiger partial charge in [0.1, 0.15) is 5.75 Å². The van der Waals surface area contributed by atoms with Crippen molar-refractivity contribution in [2.75, 3.05) is 18.9 Å². The van der Waals surface area contributed by atoms with Crippen molar-refractivity contribution in [3.63, 3.8) is 0 Å². The van der Waals surface area contributed by atoms with Crippen molar-refractivity contribution >= 4 is 10.0 Å². The average Bonchev–Trinajstić information content (AvgIpc) is 2.56. The Morgan fingerprint density at radius 2 is 1.87 bits per heavy atom. The molecule has 0 amide bonds. The Morgan fingerprint density at radius 3 is 2.61 bits per heavy atom. The molecule has 0 spiro atoms. The van der Waals surface area contributed by atoms with Crippen LogP contribution in [0.5, 0.6) is 5.75 Å². The van der Waals surface area contributed by atoms with E-state index in [0.29, 0.717) is 26.0 Å². The minimum absolute atomic E-state index is 0.0388. The Kier molecular flexibility index (Phi) is 6.55. The van der Waals surface area contributed by atoms with E-state index in [1.807, 2.05) is 49.4 Å². The van der Waals surface area contributed by atoms with Crippen molar-refractivity contribution < 1.29 is 13.2 Å². The highest BCUT2D eigenvalue weighted by Gasteiger charge is 2.11. The van der Waals surface area contributed by atoms with Gasteiger partial charge in [-0.05, 0) is 37.1 Å². The Bertz CT molecular complexity index is 703. The summed E-state index contributed by atoms with van der Waals surface area (Å²) < 4.78 is 32.2. The second-order valence-electron chi connectivity index (χ2n) is 5.08. The number of para-hydroxylation sites is 1. The molecule has 0 fully saturated rings. The van der Waals surface area contributed by atoms with E-state index in [2.05, 4.69) is 9.71 Å². The number of hydrogen-bond acceptors (Lipinski definition) is 4. The van der Waals surface area contributed by atoms with Gasteiger partial charge in [-0.3, -0.25) is 4.98 Å². The van der Waals surface area contributed by atoms with E-state index in [4.69, 9.17) is 4.74 Å². The van der Waals surface area contributed by atoms with E-state index in [0.717, 1.165) is 17.0 Å². The zero-order chi connectivity index (χ0) is 16.5. The van der Waals surface area contributed by atoms with Gasteiger partial charge in [0, 0.05) is 24.9 Å². The van der Waals surface area contributed by atoms with Crippen LogP contribution in [0.1, 0.15) is 18.2 Å². The predicted octanol–water partition coefficient (Wildman–Crippen LogP) is 2.18. The van der Waals surface area contributed by atoms with Gasteiger partial charge in [0.2, 0.25) is 10.0 Å². The zero-order valence-electron chi connectivity index (χ0n) is 13.2. The smallest absolute Gasteiger partial charge is 0.211 e. The third-order valence-corrected chi connectivity index (χ3v) is 4.73. The molecule has 5 nitrogen and oxygen atoms in total. The number of aromatic nitrogens is 1. The largest absolute Gasteiger partial charge is 0.494 e. The van der Waals surface area contributed by atoms with Crippen LogP contribution in [-0.2, 0) is 22.9 Å². The zero-order valence-corrected chi connectivity index (χ0v) is 14.1. The van der Waals surface area contributed by atoms with Crippen molar-refractivity contribution in [1.29, 1.82) is 0 Å². The van der Waals surface area contributed by atoms with Gasteiger partial charge in [-0.15, -0.1) is 0 Å². The molecule has 124 valence electrons. The van der Waals surface area contributed by atoms with Crippen molar-refractivity contribution in [2.45, 2.75) is 19.8 Å². The van der Waals surface area contributed by atoms with Gasteiger partial charge in [0.25, 0.3) is 0 Å². The fourth-order valence-corrected chi connectivity index (χ4v) is 3.24. The Labute approximate surface area is 137 Å². The summed E-state index contributed by atoms with van der Waals surface area (Å²) in [5.41, 5.74) is 1.78. The number of nitrogens with zero attached hydrogens (tertiary/aromatic N) is 1. The van der Waals surface area contributed by atoms with Crippen LogP contribution in [-0.4, -0.2) is 32.3 Å². The Morgan fingerprint density at radius 1 is 1.09 bits per heavy atom. The first-order valence-electron chi connectivity index (χ1n) is 7.68. The molecule has 2 aromatic rings. The van der Waals surface area contributed by atoms with Crippen molar-refractivity contribution in [3.05, 3.63) is 59.9 Å². The second kappa shape index (κ2) is 8.64. The van der Waals surface area contributed by atoms with E-state index in [1.165, 1.54) is 0 Å². The molecule has 6 heteroatoms. The molecule has 1 aromatic heterocycles. The molecule has 0 atom stereocenters. The van der Waals surface area contributed by atoms with Crippen LogP contribution in [0.2, 0.25) is 0 Å². The minimum atomic E-state index is -3.31. The van der Waals surface area contributed by atoms with Gasteiger partial charge in [-0.25, -0.2) is 13.1 Å². The van der Waals surface area contributed by atoms with Gasteiger partial charge < -0.3 is 4.74 Å². The lowest BCUT2D eigenvalue weighted by atomic mass is 10.1. The van der Waals surface area contributed by atoms with E-state index in [9.17, 15) is 8.42 Å². The maximum absolute atomic E-state index is 12.0. The highest BCUT2D eigenvalue weighted by molar-refractivity contribution is 7.89. The van der Waals surface area contributed by atoms with Crippen molar-refractivity contribution in [3.8, 4) is 5.75 Å². The third kappa shape index (κ3) is 6.00. The first-order valence-corrected chi connectivity index (χ1v) is 9.34. The van der Waals surface area contributed by atoms with E-state index in [-0.39, 0.29) is 5.75 Å². The standard InChI is InChI=1S/C17H22N2O3S/c1-2-22-17-9-4-3-7-15(17)10-13-19-23(20,21)14-11-16-8-5-6-12-18-16/h3-9,12,19H,2,10-11,13-14H2,1H3. The molecule has 0 unspecified atom stereocenters. The lowest BCUT2D eigenvalue weighted by molar-refractivity contribution is 0.336. The Balaban J connectivity index is 1.83. The molecule has 0 radical (unpaired) electrons. The number of sulfonamides is 1. The summed E-state index contributed by atoms with van der Waals surface area (Å²) in [6.07, 6.45) is 2.67. The normalized spacial score (nSPS) is 11.3. The quantitative estimate of drug-likeness (QED) is 0.763. The lowest BCUT2D eigenvalue weighted by Crippen LogP contribution is -2.29. The lowest BCUT2D eigenvalue weighted by Gasteiger charge is -2.11. The van der Waals surface area contributed by atoms with Crippen LogP contribution in [0, 0.1) is 0 Å². The molecule has 0 saturated heterocycles. The van der Waals surface area contributed by atoms with Gasteiger partial charge >= 0.3 is 0 Å².